The van der Waals surface area contributed by atoms with Crippen molar-refractivity contribution in [3.05, 3.63) is 45.5 Å². The first-order valence-electron chi connectivity index (χ1n) is 5.90. The number of nitrogens with one attached hydrogen (secondary N) is 1. The lowest BCUT2D eigenvalue weighted by atomic mass is 10.1. The minimum atomic E-state index is -0.349. The monoisotopic (exact) mass is 285 g/mol. The van der Waals surface area contributed by atoms with E-state index in [-0.39, 0.29) is 12.1 Å². The molecule has 0 aromatic carbocycles. The molecule has 0 radical (unpaired) electrons. The summed E-state index contributed by atoms with van der Waals surface area (Å²) in [6, 6.07) is 7.57. The van der Waals surface area contributed by atoms with Crippen LogP contribution in [0.5, 0.6) is 0 Å². The topological polar surface area (TPSA) is 45.4 Å². The summed E-state index contributed by atoms with van der Waals surface area (Å²) in [5.41, 5.74) is 0. The van der Waals surface area contributed by atoms with Gasteiger partial charge in [-0.3, -0.25) is 0 Å². The molecule has 2 aromatic rings. The van der Waals surface area contributed by atoms with Gasteiger partial charge in [0.05, 0.1) is 16.7 Å². The van der Waals surface area contributed by atoms with Crippen LogP contribution in [0.4, 0.5) is 0 Å². The van der Waals surface area contributed by atoms with Crippen LogP contribution in [0, 0.1) is 0 Å². The molecule has 2 unspecified atom stereocenters. The maximum absolute atomic E-state index is 9.64. The normalized spacial score (nSPS) is 14.6. The van der Waals surface area contributed by atoms with Crippen LogP contribution in [-0.2, 0) is 0 Å². The van der Waals surface area contributed by atoms with Crippen LogP contribution in [0.3, 0.4) is 0 Å². The predicted octanol–water partition coefficient (Wildman–Crippen LogP) is 3.44. The van der Waals surface area contributed by atoms with Gasteiger partial charge in [0.15, 0.2) is 0 Å². The molecule has 0 spiro atoms. The molecule has 2 atom stereocenters. The van der Waals surface area contributed by atoms with Crippen LogP contribution < -0.4 is 5.32 Å². The lowest BCUT2D eigenvalue weighted by Crippen LogP contribution is -2.30. The van der Waals surface area contributed by atoms with E-state index < -0.39 is 0 Å². The van der Waals surface area contributed by atoms with Crippen molar-refractivity contribution in [3.63, 3.8) is 0 Å². The zero-order valence-electron chi connectivity index (χ0n) is 10.1. The van der Waals surface area contributed by atoms with Crippen molar-refractivity contribution in [3.8, 4) is 0 Å². The Balaban J connectivity index is 2.13. The molecule has 5 heteroatoms. The minimum Gasteiger partial charge on any atom is -0.467 e. The van der Waals surface area contributed by atoms with Crippen molar-refractivity contribution in [1.82, 2.24) is 5.32 Å². The Morgan fingerprint density at radius 2 is 2.28 bits per heavy atom. The number of aliphatic hydroxyl groups excluding tert-OH is 1. The van der Waals surface area contributed by atoms with Gasteiger partial charge in [0.25, 0.3) is 0 Å². The van der Waals surface area contributed by atoms with Crippen molar-refractivity contribution < 1.29 is 9.52 Å². The van der Waals surface area contributed by atoms with Crippen LogP contribution in [0.1, 0.15) is 30.0 Å². The molecule has 0 saturated carbocycles. The van der Waals surface area contributed by atoms with Gasteiger partial charge in [0, 0.05) is 11.4 Å². The first-order chi connectivity index (χ1) is 8.70. The fraction of sp³-hybridized carbons (Fsp3) is 0.385. The second-order valence-corrected chi connectivity index (χ2v) is 5.81. The predicted molar refractivity (Wildman–Crippen MR) is 74.2 cm³/mol. The summed E-state index contributed by atoms with van der Waals surface area (Å²) in [5, 5.41) is 13.0. The largest absolute Gasteiger partial charge is 0.467 e. The molecule has 2 rings (SSSR count). The van der Waals surface area contributed by atoms with Crippen molar-refractivity contribution in [1.29, 1.82) is 0 Å². The molecule has 0 amide bonds. The van der Waals surface area contributed by atoms with Gasteiger partial charge in [-0.05, 0) is 30.7 Å². The highest BCUT2D eigenvalue weighted by Crippen LogP contribution is 2.31. The van der Waals surface area contributed by atoms with E-state index in [4.69, 9.17) is 16.0 Å². The highest BCUT2D eigenvalue weighted by molar-refractivity contribution is 7.16. The van der Waals surface area contributed by atoms with Crippen LogP contribution in [0.25, 0.3) is 0 Å². The Hall–Kier alpha value is -0.810. The van der Waals surface area contributed by atoms with Gasteiger partial charge in [-0.1, -0.05) is 18.5 Å². The van der Waals surface area contributed by atoms with Crippen molar-refractivity contribution >= 4 is 22.9 Å². The summed E-state index contributed by atoms with van der Waals surface area (Å²) in [6.07, 6.45) is 2.02. The highest BCUT2D eigenvalue weighted by Gasteiger charge is 2.19. The van der Waals surface area contributed by atoms with Gasteiger partial charge in [0.2, 0.25) is 0 Å². The van der Waals surface area contributed by atoms with E-state index in [0.717, 1.165) is 21.4 Å². The van der Waals surface area contributed by atoms with E-state index in [9.17, 15) is 5.11 Å². The third kappa shape index (κ3) is 3.36. The Kier molecular flexibility index (Phi) is 4.83. The highest BCUT2D eigenvalue weighted by atomic mass is 35.5. The van der Waals surface area contributed by atoms with Crippen molar-refractivity contribution in [2.24, 2.45) is 0 Å². The molecule has 98 valence electrons. The Bertz CT molecular complexity index is 469. The molecule has 0 aliphatic carbocycles. The SMILES string of the molecule is CCC(O)CNC(c1ccco1)c1ccc(Cl)s1. The Morgan fingerprint density at radius 3 is 2.83 bits per heavy atom. The summed E-state index contributed by atoms with van der Waals surface area (Å²) < 4.78 is 6.19. The van der Waals surface area contributed by atoms with Gasteiger partial charge in [-0.2, -0.15) is 0 Å². The van der Waals surface area contributed by atoms with Crippen LogP contribution >= 0.6 is 22.9 Å². The molecule has 0 fully saturated rings. The molecular weight excluding hydrogens is 270 g/mol. The fourth-order valence-corrected chi connectivity index (χ4v) is 2.82. The van der Waals surface area contributed by atoms with Crippen LogP contribution in [0.15, 0.2) is 34.9 Å². The smallest absolute Gasteiger partial charge is 0.126 e. The van der Waals surface area contributed by atoms with Crippen LogP contribution in [-0.4, -0.2) is 17.8 Å². The molecule has 0 saturated heterocycles. The maximum Gasteiger partial charge on any atom is 0.126 e. The summed E-state index contributed by atoms with van der Waals surface area (Å²) in [7, 11) is 0. The van der Waals surface area contributed by atoms with E-state index >= 15 is 0 Å². The van der Waals surface area contributed by atoms with E-state index in [1.165, 1.54) is 11.3 Å². The van der Waals surface area contributed by atoms with E-state index in [1.54, 1.807) is 6.26 Å². The van der Waals surface area contributed by atoms with E-state index in [0.29, 0.717) is 6.54 Å². The fourth-order valence-electron chi connectivity index (χ4n) is 1.68. The van der Waals surface area contributed by atoms with E-state index in [2.05, 4.69) is 5.32 Å². The summed E-state index contributed by atoms with van der Waals surface area (Å²) in [5.74, 6) is 0.830. The second kappa shape index (κ2) is 6.38. The number of hydrogen-bond donors (Lipinski definition) is 2. The first kappa shape index (κ1) is 13.6. The number of furan rings is 1. The zero-order valence-corrected chi connectivity index (χ0v) is 11.7. The van der Waals surface area contributed by atoms with Gasteiger partial charge >= 0.3 is 0 Å². The quantitative estimate of drug-likeness (QED) is 0.854. The molecule has 2 aromatic heterocycles. The van der Waals surface area contributed by atoms with Gasteiger partial charge < -0.3 is 14.8 Å². The number of aliphatic hydroxyl groups is 1. The summed E-state index contributed by atoms with van der Waals surface area (Å²) >= 11 is 7.48. The molecule has 18 heavy (non-hydrogen) atoms. The molecule has 0 bridgehead atoms. The number of hydrogen-bond acceptors (Lipinski definition) is 4. The molecule has 3 nitrogen and oxygen atoms in total. The van der Waals surface area contributed by atoms with Crippen LogP contribution in [0.2, 0.25) is 4.34 Å². The molecule has 0 aliphatic rings. The maximum atomic E-state index is 9.64. The summed E-state index contributed by atoms with van der Waals surface area (Å²) in [4.78, 5) is 1.08. The first-order valence-corrected chi connectivity index (χ1v) is 7.10. The average molecular weight is 286 g/mol. The van der Waals surface area contributed by atoms with Crippen molar-refractivity contribution in [2.45, 2.75) is 25.5 Å². The third-order valence-electron chi connectivity index (χ3n) is 2.74. The minimum absolute atomic E-state index is 0.0568. The molecule has 2 N–H and O–H groups in total. The average Bonchev–Trinajstić information content (AvgIpc) is 3.01. The second-order valence-electron chi connectivity index (χ2n) is 4.06. The van der Waals surface area contributed by atoms with Gasteiger partial charge in [-0.15, -0.1) is 11.3 Å². The number of rotatable bonds is 6. The Morgan fingerprint density at radius 1 is 1.44 bits per heavy atom. The number of thiophene rings is 1. The molecular formula is C13H16ClNO2S. The van der Waals surface area contributed by atoms with E-state index in [1.807, 2.05) is 31.2 Å². The zero-order chi connectivity index (χ0) is 13.0. The lowest BCUT2D eigenvalue weighted by Gasteiger charge is -2.17. The standard InChI is InChI=1S/C13H16ClNO2S/c1-2-9(16)8-15-13(10-4-3-7-17-10)11-5-6-12(14)18-11/h3-7,9,13,15-16H,2,8H2,1H3. The third-order valence-corrected chi connectivity index (χ3v) is 4.03. The number of halogens is 1. The van der Waals surface area contributed by atoms with Gasteiger partial charge in [0.1, 0.15) is 11.8 Å². The molecule has 0 aliphatic heterocycles. The lowest BCUT2D eigenvalue weighted by molar-refractivity contribution is 0.163. The Labute approximate surface area is 115 Å². The summed E-state index contributed by atoms with van der Waals surface area (Å²) in [6.45, 7) is 2.48. The van der Waals surface area contributed by atoms with Crippen molar-refractivity contribution in [2.75, 3.05) is 6.54 Å². The molecule has 2 heterocycles. The van der Waals surface area contributed by atoms with Gasteiger partial charge in [-0.25, -0.2) is 0 Å².